The van der Waals surface area contributed by atoms with Gasteiger partial charge in [0, 0.05) is 5.02 Å². The standard InChI is InChI=1S/C9H6ClF3N2/c10-6-1-2-7(5(3-6)4-14)8(15)9(11,12)13/h1-3,8H,15H2/t8-/m1/s1. The van der Waals surface area contributed by atoms with Crippen LogP contribution in [-0.2, 0) is 0 Å². The summed E-state index contributed by atoms with van der Waals surface area (Å²) in [6.45, 7) is 0. The van der Waals surface area contributed by atoms with Gasteiger partial charge < -0.3 is 5.73 Å². The molecule has 0 fully saturated rings. The summed E-state index contributed by atoms with van der Waals surface area (Å²) in [7, 11) is 0. The van der Waals surface area contributed by atoms with Crippen LogP contribution in [0.5, 0.6) is 0 Å². The average Bonchev–Trinajstić information content (AvgIpc) is 2.15. The zero-order chi connectivity index (χ0) is 11.6. The van der Waals surface area contributed by atoms with Gasteiger partial charge in [-0.3, -0.25) is 0 Å². The summed E-state index contributed by atoms with van der Waals surface area (Å²) in [6, 6.07) is 2.99. The maximum Gasteiger partial charge on any atom is 0.407 e. The van der Waals surface area contributed by atoms with Crippen molar-refractivity contribution in [2.45, 2.75) is 12.2 Å². The first-order valence-electron chi connectivity index (χ1n) is 3.88. The number of hydrogen-bond acceptors (Lipinski definition) is 2. The second-order valence-electron chi connectivity index (χ2n) is 2.86. The molecule has 6 heteroatoms. The lowest BCUT2D eigenvalue weighted by atomic mass is 10.0. The first kappa shape index (κ1) is 11.8. The van der Waals surface area contributed by atoms with Crippen molar-refractivity contribution < 1.29 is 13.2 Å². The minimum absolute atomic E-state index is 0.160. The van der Waals surface area contributed by atoms with Gasteiger partial charge in [0.15, 0.2) is 0 Å². The Morgan fingerprint density at radius 3 is 2.47 bits per heavy atom. The Hall–Kier alpha value is -1.25. The molecule has 0 aliphatic carbocycles. The van der Waals surface area contributed by atoms with Crippen molar-refractivity contribution in [3.8, 4) is 6.07 Å². The Bertz CT molecular complexity index is 409. The van der Waals surface area contributed by atoms with Crippen LogP contribution in [0.3, 0.4) is 0 Å². The van der Waals surface area contributed by atoms with Crippen molar-refractivity contribution in [1.29, 1.82) is 5.26 Å². The maximum absolute atomic E-state index is 12.3. The third-order valence-corrected chi connectivity index (χ3v) is 2.06. The van der Waals surface area contributed by atoms with Gasteiger partial charge in [0.1, 0.15) is 6.04 Å². The number of benzene rings is 1. The van der Waals surface area contributed by atoms with Crippen molar-refractivity contribution in [3.63, 3.8) is 0 Å². The van der Waals surface area contributed by atoms with Crippen LogP contribution in [0.2, 0.25) is 5.02 Å². The van der Waals surface area contributed by atoms with E-state index in [1.54, 1.807) is 6.07 Å². The summed E-state index contributed by atoms with van der Waals surface area (Å²) < 4.78 is 36.9. The SMILES string of the molecule is N#Cc1cc(Cl)ccc1[C@@H](N)C(F)(F)F. The molecule has 0 unspecified atom stereocenters. The Morgan fingerprint density at radius 1 is 1.40 bits per heavy atom. The van der Waals surface area contributed by atoms with E-state index in [1.165, 1.54) is 6.07 Å². The highest BCUT2D eigenvalue weighted by molar-refractivity contribution is 6.30. The lowest BCUT2D eigenvalue weighted by Crippen LogP contribution is -2.29. The fourth-order valence-electron chi connectivity index (χ4n) is 1.07. The van der Waals surface area contributed by atoms with Crippen LogP contribution >= 0.6 is 11.6 Å². The Balaban J connectivity index is 3.21. The van der Waals surface area contributed by atoms with Gasteiger partial charge in [0.25, 0.3) is 0 Å². The topological polar surface area (TPSA) is 49.8 Å². The first-order valence-corrected chi connectivity index (χ1v) is 4.26. The van der Waals surface area contributed by atoms with E-state index in [9.17, 15) is 13.2 Å². The van der Waals surface area contributed by atoms with Gasteiger partial charge in [-0.25, -0.2) is 0 Å². The highest BCUT2D eigenvalue weighted by Gasteiger charge is 2.39. The van der Waals surface area contributed by atoms with E-state index in [-0.39, 0.29) is 16.1 Å². The lowest BCUT2D eigenvalue weighted by Gasteiger charge is -2.16. The molecule has 1 rings (SSSR count). The monoisotopic (exact) mass is 234 g/mol. The molecular weight excluding hydrogens is 229 g/mol. The molecule has 1 atom stereocenters. The van der Waals surface area contributed by atoms with Gasteiger partial charge in [0.05, 0.1) is 11.6 Å². The highest BCUT2D eigenvalue weighted by atomic mass is 35.5. The Kier molecular flexibility index (Phi) is 3.22. The van der Waals surface area contributed by atoms with Crippen LogP contribution in [0.15, 0.2) is 18.2 Å². The number of nitrogens with zero attached hydrogens (tertiary/aromatic N) is 1. The molecule has 0 heterocycles. The third-order valence-electron chi connectivity index (χ3n) is 1.82. The predicted molar refractivity (Wildman–Crippen MR) is 49.2 cm³/mol. The molecule has 0 aliphatic heterocycles. The molecule has 0 aliphatic rings. The van der Waals surface area contributed by atoms with E-state index in [2.05, 4.69) is 0 Å². The Morgan fingerprint density at radius 2 is 2.00 bits per heavy atom. The van der Waals surface area contributed by atoms with Gasteiger partial charge in [-0.1, -0.05) is 17.7 Å². The number of rotatable bonds is 1. The molecule has 15 heavy (non-hydrogen) atoms. The largest absolute Gasteiger partial charge is 0.407 e. The second-order valence-corrected chi connectivity index (χ2v) is 3.30. The highest BCUT2D eigenvalue weighted by Crippen LogP contribution is 2.32. The van der Waals surface area contributed by atoms with E-state index in [0.29, 0.717) is 0 Å². The molecule has 0 radical (unpaired) electrons. The molecule has 2 N–H and O–H groups in total. The van der Waals surface area contributed by atoms with E-state index < -0.39 is 12.2 Å². The molecule has 1 aromatic rings. The summed E-state index contributed by atoms with van der Waals surface area (Å²) in [5, 5.41) is 8.82. The van der Waals surface area contributed by atoms with E-state index in [4.69, 9.17) is 22.6 Å². The van der Waals surface area contributed by atoms with E-state index >= 15 is 0 Å². The summed E-state index contributed by atoms with van der Waals surface area (Å²) >= 11 is 5.54. The summed E-state index contributed by atoms with van der Waals surface area (Å²) in [4.78, 5) is 0. The summed E-state index contributed by atoms with van der Waals surface area (Å²) in [5.41, 5.74) is 4.55. The quantitative estimate of drug-likeness (QED) is 0.812. The molecule has 0 saturated heterocycles. The molecule has 80 valence electrons. The van der Waals surface area contributed by atoms with Crippen molar-refractivity contribution in [3.05, 3.63) is 34.3 Å². The van der Waals surface area contributed by atoms with Gasteiger partial charge in [-0.15, -0.1) is 0 Å². The van der Waals surface area contributed by atoms with Gasteiger partial charge >= 0.3 is 6.18 Å². The van der Waals surface area contributed by atoms with Crippen LogP contribution in [0.4, 0.5) is 13.2 Å². The van der Waals surface area contributed by atoms with Crippen molar-refractivity contribution in [1.82, 2.24) is 0 Å². The summed E-state index contributed by atoms with van der Waals surface area (Å²) in [6.07, 6.45) is -4.57. The van der Waals surface area contributed by atoms with Gasteiger partial charge in [-0.05, 0) is 17.7 Å². The van der Waals surface area contributed by atoms with Crippen molar-refractivity contribution >= 4 is 11.6 Å². The number of halogens is 4. The summed E-state index contributed by atoms with van der Waals surface area (Å²) in [5.74, 6) is 0. The van der Waals surface area contributed by atoms with Crippen LogP contribution in [-0.4, -0.2) is 6.18 Å². The molecular formula is C9H6ClF3N2. The van der Waals surface area contributed by atoms with Crippen LogP contribution in [0.1, 0.15) is 17.2 Å². The zero-order valence-corrected chi connectivity index (χ0v) is 8.10. The molecule has 0 aromatic heterocycles. The minimum Gasteiger partial charge on any atom is -0.316 e. The molecule has 1 aromatic carbocycles. The first-order chi connectivity index (χ1) is 6.86. The molecule has 2 nitrogen and oxygen atoms in total. The second kappa shape index (κ2) is 4.09. The predicted octanol–water partition coefficient (Wildman–Crippen LogP) is 2.77. The van der Waals surface area contributed by atoms with Crippen molar-refractivity contribution in [2.75, 3.05) is 0 Å². The number of alkyl halides is 3. The molecule has 0 bridgehead atoms. The van der Waals surface area contributed by atoms with Gasteiger partial charge in [-0.2, -0.15) is 18.4 Å². The third kappa shape index (κ3) is 2.61. The molecule has 0 amide bonds. The van der Waals surface area contributed by atoms with Crippen molar-refractivity contribution in [2.24, 2.45) is 5.73 Å². The van der Waals surface area contributed by atoms with Crippen LogP contribution < -0.4 is 5.73 Å². The average molecular weight is 235 g/mol. The smallest absolute Gasteiger partial charge is 0.316 e. The Labute approximate surface area is 89.1 Å². The van der Waals surface area contributed by atoms with E-state index in [0.717, 1.165) is 12.1 Å². The fraction of sp³-hybridized carbons (Fsp3) is 0.222. The maximum atomic E-state index is 12.3. The number of hydrogen-bond donors (Lipinski definition) is 1. The van der Waals surface area contributed by atoms with Crippen LogP contribution in [0.25, 0.3) is 0 Å². The number of nitrogens with two attached hydrogens (primary N) is 1. The van der Waals surface area contributed by atoms with E-state index in [1.807, 2.05) is 0 Å². The normalized spacial score (nSPS) is 13.3. The fourth-order valence-corrected chi connectivity index (χ4v) is 1.24. The molecule has 0 saturated carbocycles. The minimum atomic E-state index is -4.57. The lowest BCUT2D eigenvalue weighted by molar-refractivity contribution is -0.149. The van der Waals surface area contributed by atoms with Gasteiger partial charge in [0.2, 0.25) is 0 Å². The number of nitriles is 1. The van der Waals surface area contributed by atoms with Crippen LogP contribution in [0, 0.1) is 11.3 Å². The zero-order valence-electron chi connectivity index (χ0n) is 7.35. The molecule has 0 spiro atoms.